The minimum atomic E-state index is -0.376. The van der Waals surface area contributed by atoms with E-state index in [1.807, 2.05) is 24.3 Å². The average molecular weight is 347 g/mol. The van der Waals surface area contributed by atoms with Gasteiger partial charge in [-0.3, -0.25) is 4.79 Å². The zero-order valence-electron chi connectivity index (χ0n) is 13.2. The topological polar surface area (TPSA) is 65.3 Å². The standard InChI is InChI=1S/C18H19ClN2O3/c19-15-5-3-4-14(12-15)18(7-10-24-11-8-18)13-20-17(22)16-6-1-2-9-21(16)23/h1-6,9,12H,7-8,10-11,13H2,(H,20,22). The first-order valence-corrected chi connectivity index (χ1v) is 8.29. The zero-order valence-corrected chi connectivity index (χ0v) is 14.0. The van der Waals surface area contributed by atoms with Crippen LogP contribution in [-0.4, -0.2) is 25.7 Å². The van der Waals surface area contributed by atoms with E-state index in [-0.39, 0.29) is 17.0 Å². The molecule has 2 heterocycles. The summed E-state index contributed by atoms with van der Waals surface area (Å²) in [4.78, 5) is 12.4. The average Bonchev–Trinajstić information content (AvgIpc) is 2.61. The number of nitrogens with one attached hydrogen (secondary N) is 1. The lowest BCUT2D eigenvalue weighted by Crippen LogP contribution is -2.47. The van der Waals surface area contributed by atoms with Gasteiger partial charge in [0.1, 0.15) is 0 Å². The van der Waals surface area contributed by atoms with Gasteiger partial charge in [-0.05, 0) is 36.6 Å². The molecular formula is C18H19ClN2O3. The van der Waals surface area contributed by atoms with Crippen LogP contribution in [-0.2, 0) is 10.2 Å². The van der Waals surface area contributed by atoms with Crippen molar-refractivity contribution in [2.24, 2.45) is 0 Å². The first kappa shape index (κ1) is 16.7. The molecule has 24 heavy (non-hydrogen) atoms. The maximum atomic E-state index is 12.4. The highest BCUT2D eigenvalue weighted by atomic mass is 35.5. The molecule has 1 saturated heterocycles. The fourth-order valence-electron chi connectivity index (χ4n) is 3.09. The third kappa shape index (κ3) is 3.52. The molecule has 0 spiro atoms. The molecule has 126 valence electrons. The molecule has 1 amide bonds. The van der Waals surface area contributed by atoms with Crippen molar-refractivity contribution in [2.45, 2.75) is 18.3 Å². The smallest absolute Gasteiger partial charge is 0.317 e. The highest BCUT2D eigenvalue weighted by Gasteiger charge is 2.35. The number of rotatable bonds is 4. The zero-order chi connectivity index (χ0) is 17.0. The summed E-state index contributed by atoms with van der Waals surface area (Å²) < 4.78 is 6.06. The number of carbonyl (C=O) groups is 1. The molecule has 0 bridgehead atoms. The summed E-state index contributed by atoms with van der Waals surface area (Å²) in [6.45, 7) is 1.70. The van der Waals surface area contributed by atoms with Gasteiger partial charge < -0.3 is 15.3 Å². The number of pyridine rings is 1. The summed E-state index contributed by atoms with van der Waals surface area (Å²) in [7, 11) is 0. The lowest BCUT2D eigenvalue weighted by atomic mass is 9.74. The number of carbonyl (C=O) groups excluding carboxylic acids is 1. The highest BCUT2D eigenvalue weighted by molar-refractivity contribution is 6.30. The van der Waals surface area contributed by atoms with Crippen LogP contribution >= 0.6 is 11.6 Å². The summed E-state index contributed by atoms with van der Waals surface area (Å²) in [6.07, 6.45) is 2.90. The van der Waals surface area contributed by atoms with Crippen molar-refractivity contribution in [3.8, 4) is 0 Å². The Labute approximate surface area is 145 Å². The molecular weight excluding hydrogens is 328 g/mol. The van der Waals surface area contributed by atoms with Crippen molar-refractivity contribution in [1.82, 2.24) is 5.32 Å². The number of amides is 1. The van der Waals surface area contributed by atoms with Gasteiger partial charge in [-0.25, -0.2) is 0 Å². The number of nitrogens with zero attached hydrogens (tertiary/aromatic N) is 1. The molecule has 1 fully saturated rings. The number of hydrogen-bond donors (Lipinski definition) is 1. The Morgan fingerprint density at radius 2 is 2.04 bits per heavy atom. The van der Waals surface area contributed by atoms with Crippen molar-refractivity contribution in [3.63, 3.8) is 0 Å². The highest BCUT2D eigenvalue weighted by Crippen LogP contribution is 2.35. The lowest BCUT2D eigenvalue weighted by Gasteiger charge is -2.38. The van der Waals surface area contributed by atoms with E-state index >= 15 is 0 Å². The van der Waals surface area contributed by atoms with Gasteiger partial charge in [0.05, 0.1) is 0 Å². The van der Waals surface area contributed by atoms with E-state index in [9.17, 15) is 10.0 Å². The maximum Gasteiger partial charge on any atom is 0.317 e. The van der Waals surface area contributed by atoms with Crippen LogP contribution in [0.2, 0.25) is 5.02 Å². The Balaban J connectivity index is 1.80. The Morgan fingerprint density at radius 3 is 2.75 bits per heavy atom. The predicted molar refractivity (Wildman–Crippen MR) is 90.9 cm³/mol. The van der Waals surface area contributed by atoms with E-state index in [0.29, 0.717) is 29.5 Å². The number of aromatic nitrogens is 1. The number of benzene rings is 1. The molecule has 2 aromatic rings. The second kappa shape index (κ2) is 7.20. The van der Waals surface area contributed by atoms with Gasteiger partial charge >= 0.3 is 5.91 Å². The van der Waals surface area contributed by atoms with Gasteiger partial charge in [-0.15, -0.1) is 0 Å². The third-order valence-electron chi connectivity index (χ3n) is 4.53. The van der Waals surface area contributed by atoms with Crippen LogP contribution in [0, 0.1) is 5.21 Å². The molecule has 1 N–H and O–H groups in total. The van der Waals surface area contributed by atoms with E-state index < -0.39 is 0 Å². The number of ether oxygens (including phenoxy) is 1. The minimum absolute atomic E-state index is 0.0887. The Bertz CT molecular complexity index is 730. The molecule has 0 atom stereocenters. The Kier molecular flexibility index (Phi) is 5.02. The molecule has 1 aromatic carbocycles. The molecule has 1 aromatic heterocycles. The lowest BCUT2D eigenvalue weighted by molar-refractivity contribution is -0.607. The molecule has 0 saturated carbocycles. The van der Waals surface area contributed by atoms with Crippen LogP contribution in [0.25, 0.3) is 0 Å². The third-order valence-corrected chi connectivity index (χ3v) is 4.77. The quantitative estimate of drug-likeness (QED) is 0.683. The number of halogens is 1. The van der Waals surface area contributed by atoms with Gasteiger partial charge in [-0.1, -0.05) is 23.7 Å². The van der Waals surface area contributed by atoms with Crippen molar-refractivity contribution in [2.75, 3.05) is 19.8 Å². The molecule has 0 aliphatic carbocycles. The van der Waals surface area contributed by atoms with Crippen molar-refractivity contribution in [3.05, 3.63) is 70.1 Å². The Hall–Kier alpha value is -2.11. The minimum Gasteiger partial charge on any atom is -0.618 e. The fourth-order valence-corrected chi connectivity index (χ4v) is 3.28. The predicted octanol–water partition coefficient (Wildman–Crippen LogP) is 2.45. The summed E-state index contributed by atoms with van der Waals surface area (Å²) in [5.74, 6) is -0.376. The molecule has 0 unspecified atom stereocenters. The molecule has 1 aliphatic rings. The van der Waals surface area contributed by atoms with Crippen LogP contribution in [0.1, 0.15) is 28.9 Å². The summed E-state index contributed by atoms with van der Waals surface area (Å²) in [6, 6.07) is 12.5. The van der Waals surface area contributed by atoms with Crippen molar-refractivity contribution >= 4 is 17.5 Å². The van der Waals surface area contributed by atoms with Crippen LogP contribution in [0.4, 0.5) is 0 Å². The molecule has 6 heteroatoms. The van der Waals surface area contributed by atoms with Crippen molar-refractivity contribution < 1.29 is 14.3 Å². The second-order valence-electron chi connectivity index (χ2n) is 6.00. The number of hydrogen-bond acceptors (Lipinski definition) is 3. The van der Waals surface area contributed by atoms with Gasteiger partial charge in [0.25, 0.3) is 5.69 Å². The van der Waals surface area contributed by atoms with E-state index in [0.717, 1.165) is 18.4 Å². The Morgan fingerprint density at radius 1 is 1.25 bits per heavy atom. The van der Waals surface area contributed by atoms with E-state index in [1.54, 1.807) is 12.1 Å². The first-order chi connectivity index (χ1) is 11.6. The van der Waals surface area contributed by atoms with Gasteiger partial charge in [0.15, 0.2) is 6.20 Å². The normalized spacial score (nSPS) is 16.5. The maximum absolute atomic E-state index is 12.4. The van der Waals surface area contributed by atoms with E-state index in [4.69, 9.17) is 16.3 Å². The van der Waals surface area contributed by atoms with Crippen LogP contribution in [0.3, 0.4) is 0 Å². The summed E-state index contributed by atoms with van der Waals surface area (Å²) in [5, 5.41) is 15.3. The van der Waals surface area contributed by atoms with Crippen LogP contribution in [0.15, 0.2) is 48.7 Å². The SMILES string of the molecule is O=C(NCC1(c2cccc(Cl)c2)CCOCC1)c1cccc[n+]1[O-]. The van der Waals surface area contributed by atoms with E-state index in [2.05, 4.69) is 5.32 Å². The largest absolute Gasteiger partial charge is 0.618 e. The van der Waals surface area contributed by atoms with Gasteiger partial charge in [-0.2, -0.15) is 4.73 Å². The van der Waals surface area contributed by atoms with Gasteiger partial charge in [0, 0.05) is 42.3 Å². The molecule has 0 radical (unpaired) electrons. The molecule has 3 rings (SSSR count). The molecule has 5 nitrogen and oxygen atoms in total. The van der Waals surface area contributed by atoms with E-state index in [1.165, 1.54) is 12.3 Å². The van der Waals surface area contributed by atoms with Crippen molar-refractivity contribution in [1.29, 1.82) is 0 Å². The van der Waals surface area contributed by atoms with Gasteiger partial charge in [0.2, 0.25) is 0 Å². The van der Waals surface area contributed by atoms with Crippen LogP contribution < -0.4 is 10.0 Å². The molecule has 1 aliphatic heterocycles. The fraction of sp³-hybridized carbons (Fsp3) is 0.333. The summed E-state index contributed by atoms with van der Waals surface area (Å²) >= 11 is 6.14. The summed E-state index contributed by atoms with van der Waals surface area (Å²) in [5.41, 5.74) is 0.939. The second-order valence-corrected chi connectivity index (χ2v) is 6.43. The monoisotopic (exact) mass is 346 g/mol. The van der Waals surface area contributed by atoms with Crippen LogP contribution in [0.5, 0.6) is 0 Å². The first-order valence-electron chi connectivity index (χ1n) is 7.91.